The molecule has 3 heteroatoms. The first kappa shape index (κ1) is 13.1. The number of rotatable bonds is 3. The van der Waals surface area contributed by atoms with Gasteiger partial charge in [0.05, 0.1) is 12.7 Å². The van der Waals surface area contributed by atoms with Crippen LogP contribution in [0.2, 0.25) is 0 Å². The summed E-state index contributed by atoms with van der Waals surface area (Å²) in [5.74, 6) is 0. The highest BCUT2D eigenvalue weighted by Gasteiger charge is 2.34. The Hall–Kier alpha value is -0.900. The van der Waals surface area contributed by atoms with Crippen molar-refractivity contribution in [3.8, 4) is 0 Å². The molecule has 0 spiro atoms. The molecule has 3 rings (SSSR count). The maximum atomic E-state index is 6.36. The topological polar surface area (TPSA) is 38.5 Å². The lowest BCUT2D eigenvalue weighted by molar-refractivity contribution is -0.0589. The molecule has 2 N–H and O–H groups in total. The van der Waals surface area contributed by atoms with Crippen molar-refractivity contribution < 1.29 is 4.74 Å². The molecule has 0 bridgehead atoms. The second kappa shape index (κ2) is 5.61. The summed E-state index contributed by atoms with van der Waals surface area (Å²) in [7, 11) is 0. The van der Waals surface area contributed by atoms with Crippen molar-refractivity contribution in [2.75, 3.05) is 19.7 Å². The summed E-state index contributed by atoms with van der Waals surface area (Å²) in [5, 5.41) is 0. The predicted octanol–water partition coefficient (Wildman–Crippen LogP) is 1.73. The van der Waals surface area contributed by atoms with E-state index in [1.165, 1.54) is 30.5 Å². The van der Waals surface area contributed by atoms with E-state index in [1.807, 2.05) is 0 Å². The third kappa shape index (κ3) is 2.99. The predicted molar refractivity (Wildman–Crippen MR) is 77.2 cm³/mol. The van der Waals surface area contributed by atoms with Crippen molar-refractivity contribution in [2.24, 2.45) is 5.73 Å². The average Bonchev–Trinajstić information content (AvgIpc) is 2.85. The van der Waals surface area contributed by atoms with Crippen LogP contribution in [0.3, 0.4) is 0 Å². The van der Waals surface area contributed by atoms with Crippen molar-refractivity contribution >= 4 is 0 Å². The summed E-state index contributed by atoms with van der Waals surface area (Å²) >= 11 is 0. The van der Waals surface area contributed by atoms with E-state index in [-0.39, 0.29) is 12.1 Å². The Morgan fingerprint density at radius 3 is 3.21 bits per heavy atom. The number of hydrogen-bond acceptors (Lipinski definition) is 3. The van der Waals surface area contributed by atoms with Crippen molar-refractivity contribution in [1.29, 1.82) is 0 Å². The van der Waals surface area contributed by atoms with E-state index in [9.17, 15) is 0 Å². The zero-order valence-corrected chi connectivity index (χ0v) is 11.7. The number of nitrogens with zero attached hydrogens (tertiary/aromatic N) is 1. The van der Waals surface area contributed by atoms with E-state index in [0.29, 0.717) is 6.04 Å². The van der Waals surface area contributed by atoms with Crippen LogP contribution in [0.25, 0.3) is 0 Å². The largest absolute Gasteiger partial charge is 0.374 e. The lowest BCUT2D eigenvalue weighted by Gasteiger charge is -2.37. The zero-order chi connectivity index (χ0) is 13.2. The molecule has 2 aliphatic heterocycles. The van der Waals surface area contributed by atoms with E-state index >= 15 is 0 Å². The lowest BCUT2D eigenvalue weighted by atomic mass is 9.99. The second-order valence-electron chi connectivity index (χ2n) is 6.02. The fourth-order valence-corrected chi connectivity index (χ4v) is 3.34. The minimum Gasteiger partial charge on any atom is -0.374 e. The highest BCUT2D eigenvalue weighted by Crippen LogP contribution is 2.24. The molecule has 3 unspecified atom stereocenters. The summed E-state index contributed by atoms with van der Waals surface area (Å²) in [4.78, 5) is 2.56. The smallest absolute Gasteiger partial charge is 0.0856 e. The van der Waals surface area contributed by atoms with Gasteiger partial charge in [0.1, 0.15) is 0 Å². The minimum absolute atomic E-state index is 0.100. The summed E-state index contributed by atoms with van der Waals surface area (Å²) < 4.78 is 5.99. The van der Waals surface area contributed by atoms with Gasteiger partial charge < -0.3 is 10.5 Å². The lowest BCUT2D eigenvalue weighted by Crippen LogP contribution is -2.53. The monoisotopic (exact) mass is 260 g/mol. The summed E-state index contributed by atoms with van der Waals surface area (Å²) in [6, 6.07) is 9.37. The molecule has 3 atom stereocenters. The van der Waals surface area contributed by atoms with Gasteiger partial charge in [-0.15, -0.1) is 0 Å². The van der Waals surface area contributed by atoms with E-state index in [4.69, 9.17) is 10.5 Å². The van der Waals surface area contributed by atoms with E-state index in [2.05, 4.69) is 36.1 Å². The first-order valence-electron chi connectivity index (χ1n) is 7.39. The van der Waals surface area contributed by atoms with Crippen LogP contribution in [0, 0.1) is 6.92 Å². The van der Waals surface area contributed by atoms with Gasteiger partial charge in [0.25, 0.3) is 0 Å². The van der Waals surface area contributed by atoms with Gasteiger partial charge in [-0.3, -0.25) is 4.90 Å². The number of hydrogen-bond donors (Lipinski definition) is 1. The highest BCUT2D eigenvalue weighted by atomic mass is 16.5. The SMILES string of the molecule is Cc1cccc(CC(N)C2CN3CCCC3CO2)c1. The first-order valence-corrected chi connectivity index (χ1v) is 7.39. The number of benzene rings is 1. The molecule has 0 saturated carbocycles. The van der Waals surface area contributed by atoms with Crippen molar-refractivity contribution in [1.82, 2.24) is 4.90 Å². The number of nitrogens with two attached hydrogens (primary N) is 1. The Morgan fingerprint density at radius 1 is 1.47 bits per heavy atom. The fraction of sp³-hybridized carbons (Fsp3) is 0.625. The van der Waals surface area contributed by atoms with Gasteiger partial charge in [0.2, 0.25) is 0 Å². The van der Waals surface area contributed by atoms with Gasteiger partial charge >= 0.3 is 0 Å². The van der Waals surface area contributed by atoms with Crippen LogP contribution in [-0.4, -0.2) is 42.8 Å². The average molecular weight is 260 g/mol. The molecule has 2 aliphatic rings. The van der Waals surface area contributed by atoms with Crippen LogP contribution < -0.4 is 5.73 Å². The Labute approximate surface area is 115 Å². The molecule has 104 valence electrons. The Morgan fingerprint density at radius 2 is 2.37 bits per heavy atom. The van der Waals surface area contributed by atoms with Gasteiger partial charge in [0, 0.05) is 18.6 Å². The van der Waals surface area contributed by atoms with E-state index in [0.717, 1.165) is 19.6 Å². The van der Waals surface area contributed by atoms with Gasteiger partial charge in [-0.05, 0) is 38.3 Å². The third-order valence-corrected chi connectivity index (χ3v) is 4.45. The maximum absolute atomic E-state index is 6.36. The molecular weight excluding hydrogens is 236 g/mol. The molecule has 2 heterocycles. The zero-order valence-electron chi connectivity index (χ0n) is 11.7. The molecule has 19 heavy (non-hydrogen) atoms. The van der Waals surface area contributed by atoms with Crippen LogP contribution in [0.15, 0.2) is 24.3 Å². The number of morpholine rings is 1. The molecule has 0 aliphatic carbocycles. The summed E-state index contributed by atoms with van der Waals surface area (Å²) in [6.07, 6.45) is 3.70. The minimum atomic E-state index is 0.100. The fourth-order valence-electron chi connectivity index (χ4n) is 3.34. The van der Waals surface area contributed by atoms with Gasteiger partial charge in [-0.2, -0.15) is 0 Å². The van der Waals surface area contributed by atoms with Crippen LogP contribution >= 0.6 is 0 Å². The molecule has 3 nitrogen and oxygen atoms in total. The van der Waals surface area contributed by atoms with Crippen molar-refractivity contribution in [3.63, 3.8) is 0 Å². The van der Waals surface area contributed by atoms with Crippen LogP contribution in [0.1, 0.15) is 24.0 Å². The Balaban J connectivity index is 1.59. The van der Waals surface area contributed by atoms with E-state index in [1.54, 1.807) is 0 Å². The number of ether oxygens (including phenoxy) is 1. The van der Waals surface area contributed by atoms with Crippen molar-refractivity contribution in [3.05, 3.63) is 35.4 Å². The highest BCUT2D eigenvalue weighted by molar-refractivity contribution is 5.23. The van der Waals surface area contributed by atoms with Crippen LogP contribution in [-0.2, 0) is 11.2 Å². The third-order valence-electron chi connectivity index (χ3n) is 4.45. The normalized spacial score (nSPS) is 29.2. The number of fused-ring (bicyclic) bond motifs is 1. The Bertz CT molecular complexity index is 435. The molecule has 2 saturated heterocycles. The van der Waals surface area contributed by atoms with Gasteiger partial charge in [-0.1, -0.05) is 29.8 Å². The standard InChI is InChI=1S/C16H24N2O/c1-12-4-2-5-13(8-12)9-15(17)16-10-18-7-3-6-14(18)11-19-16/h2,4-5,8,14-16H,3,6-7,9-11,17H2,1H3. The quantitative estimate of drug-likeness (QED) is 0.899. The van der Waals surface area contributed by atoms with Gasteiger partial charge in [-0.25, -0.2) is 0 Å². The van der Waals surface area contributed by atoms with Gasteiger partial charge in [0.15, 0.2) is 0 Å². The maximum Gasteiger partial charge on any atom is 0.0856 e. The number of aryl methyl sites for hydroxylation is 1. The molecular formula is C16H24N2O. The van der Waals surface area contributed by atoms with Crippen LogP contribution in [0.5, 0.6) is 0 Å². The first-order chi connectivity index (χ1) is 9.22. The summed E-state index contributed by atoms with van der Waals surface area (Å²) in [5.41, 5.74) is 8.98. The molecule has 0 amide bonds. The molecule has 2 fully saturated rings. The van der Waals surface area contributed by atoms with Crippen LogP contribution in [0.4, 0.5) is 0 Å². The second-order valence-corrected chi connectivity index (χ2v) is 6.02. The van der Waals surface area contributed by atoms with E-state index < -0.39 is 0 Å². The Kier molecular flexibility index (Phi) is 3.87. The molecule has 1 aromatic rings. The van der Waals surface area contributed by atoms with Crippen molar-refractivity contribution in [2.45, 2.75) is 44.4 Å². The molecule has 0 radical (unpaired) electrons. The molecule has 1 aromatic carbocycles. The molecule has 0 aromatic heterocycles. The summed E-state index contributed by atoms with van der Waals surface area (Å²) in [6.45, 7) is 5.23.